The average molecular weight is 577 g/mol. The first kappa shape index (κ1) is 31.3. The number of hydrogen-bond acceptors (Lipinski definition) is 0. The minimum atomic E-state index is 1.12. The smallest absolute Gasteiger partial charge is 0.00990 e. The maximum Gasteiger partial charge on any atom is -0.00990 e. The molecule has 0 atom stereocenters. The molecule has 7 rings (SSSR count). The lowest BCUT2D eigenvalue weighted by Crippen LogP contribution is -1.96. The SMILES string of the molecule is CC.CC1=C(c2cc(-c3cccc4cc5c(-c6ccc7c(c6)C=CCC7)cccc5cc34)ccc2C)CCC=C1.CCCC. The number of fused-ring (bicyclic) bond motifs is 3. The van der Waals surface area contributed by atoms with E-state index < -0.39 is 0 Å². The summed E-state index contributed by atoms with van der Waals surface area (Å²) in [6.07, 6.45) is 16.3. The monoisotopic (exact) mass is 576 g/mol. The quantitative estimate of drug-likeness (QED) is 0.187. The molecule has 0 aromatic heterocycles. The van der Waals surface area contributed by atoms with E-state index in [-0.39, 0.29) is 0 Å². The van der Waals surface area contributed by atoms with Crippen LogP contribution < -0.4 is 0 Å². The van der Waals surface area contributed by atoms with E-state index in [0.717, 1.165) is 25.7 Å². The number of rotatable bonds is 4. The molecule has 0 amide bonds. The molecule has 0 nitrogen and oxygen atoms in total. The molecule has 224 valence electrons. The van der Waals surface area contributed by atoms with E-state index in [9.17, 15) is 0 Å². The van der Waals surface area contributed by atoms with E-state index >= 15 is 0 Å². The number of allylic oxidation sites excluding steroid dienone is 5. The van der Waals surface area contributed by atoms with E-state index in [1.54, 1.807) is 0 Å². The van der Waals surface area contributed by atoms with Crippen LogP contribution in [0.4, 0.5) is 0 Å². The predicted molar refractivity (Wildman–Crippen MR) is 197 cm³/mol. The molecule has 0 saturated heterocycles. The summed E-state index contributed by atoms with van der Waals surface area (Å²) >= 11 is 0. The van der Waals surface area contributed by atoms with Gasteiger partial charge in [-0.25, -0.2) is 0 Å². The zero-order chi connectivity index (χ0) is 31.1. The number of unbranched alkanes of at least 4 members (excludes halogenated alkanes) is 1. The summed E-state index contributed by atoms with van der Waals surface area (Å²) in [7, 11) is 0. The van der Waals surface area contributed by atoms with Crippen LogP contribution >= 0.6 is 0 Å². The topological polar surface area (TPSA) is 0 Å². The van der Waals surface area contributed by atoms with Crippen LogP contribution in [-0.2, 0) is 6.42 Å². The van der Waals surface area contributed by atoms with Crippen molar-refractivity contribution in [1.82, 2.24) is 0 Å². The van der Waals surface area contributed by atoms with E-state index in [0.29, 0.717) is 0 Å². The van der Waals surface area contributed by atoms with Gasteiger partial charge >= 0.3 is 0 Å². The molecule has 0 radical (unpaired) electrons. The Morgan fingerprint density at radius 1 is 0.568 bits per heavy atom. The maximum absolute atomic E-state index is 2.42. The second-order valence-corrected chi connectivity index (χ2v) is 11.9. The summed E-state index contributed by atoms with van der Waals surface area (Å²) in [5.41, 5.74) is 13.7. The molecule has 0 aliphatic heterocycles. The highest BCUT2D eigenvalue weighted by Gasteiger charge is 2.14. The predicted octanol–water partition coefficient (Wildman–Crippen LogP) is 13.6. The summed E-state index contributed by atoms with van der Waals surface area (Å²) in [6.45, 7) is 12.9. The fourth-order valence-electron chi connectivity index (χ4n) is 6.40. The van der Waals surface area contributed by atoms with Crippen molar-refractivity contribution >= 4 is 33.2 Å². The normalized spacial score (nSPS) is 13.7. The van der Waals surface area contributed by atoms with E-state index in [2.05, 4.69) is 137 Å². The van der Waals surface area contributed by atoms with Gasteiger partial charge in [0.2, 0.25) is 0 Å². The molecule has 0 heterocycles. The third-order valence-corrected chi connectivity index (χ3v) is 8.99. The summed E-state index contributed by atoms with van der Waals surface area (Å²) in [5, 5.41) is 5.21. The van der Waals surface area contributed by atoms with Gasteiger partial charge in [-0.3, -0.25) is 0 Å². The molecular weight excluding hydrogens is 528 g/mol. The second kappa shape index (κ2) is 14.5. The molecule has 2 aliphatic carbocycles. The van der Waals surface area contributed by atoms with Crippen molar-refractivity contribution in [2.45, 2.75) is 80.1 Å². The Kier molecular flexibility index (Phi) is 10.3. The number of benzene rings is 5. The van der Waals surface area contributed by atoms with Crippen LogP contribution in [0.25, 0.3) is 55.4 Å². The Balaban J connectivity index is 0.000000595. The van der Waals surface area contributed by atoms with Gasteiger partial charge in [0.25, 0.3) is 0 Å². The first-order valence-electron chi connectivity index (χ1n) is 16.8. The van der Waals surface area contributed by atoms with Gasteiger partial charge in [0.1, 0.15) is 0 Å². The summed E-state index contributed by atoms with van der Waals surface area (Å²) < 4.78 is 0. The molecule has 44 heavy (non-hydrogen) atoms. The van der Waals surface area contributed by atoms with Gasteiger partial charge in [-0.15, -0.1) is 0 Å². The highest BCUT2D eigenvalue weighted by atomic mass is 14.2. The Bertz CT molecular complexity index is 1860. The van der Waals surface area contributed by atoms with Crippen LogP contribution in [0.1, 0.15) is 89.0 Å². The Labute approximate surface area is 265 Å². The van der Waals surface area contributed by atoms with Crippen molar-refractivity contribution in [2.24, 2.45) is 0 Å². The van der Waals surface area contributed by atoms with Crippen molar-refractivity contribution in [1.29, 1.82) is 0 Å². The molecular formula is C44H48. The third-order valence-electron chi connectivity index (χ3n) is 8.99. The van der Waals surface area contributed by atoms with Crippen LogP contribution in [0.5, 0.6) is 0 Å². The van der Waals surface area contributed by atoms with Crippen LogP contribution in [0, 0.1) is 6.92 Å². The Morgan fingerprint density at radius 3 is 1.80 bits per heavy atom. The average Bonchev–Trinajstić information content (AvgIpc) is 3.08. The lowest BCUT2D eigenvalue weighted by molar-refractivity contribution is 0.886. The molecule has 2 aliphatic rings. The summed E-state index contributed by atoms with van der Waals surface area (Å²) in [5.74, 6) is 0. The van der Waals surface area contributed by atoms with Gasteiger partial charge < -0.3 is 0 Å². The zero-order valence-corrected chi connectivity index (χ0v) is 27.6. The third kappa shape index (κ3) is 6.51. The van der Waals surface area contributed by atoms with Gasteiger partial charge in [-0.1, -0.05) is 126 Å². The Hall–Kier alpha value is -4.16. The molecule has 5 aromatic rings. The van der Waals surface area contributed by atoms with Crippen LogP contribution in [0.2, 0.25) is 0 Å². The van der Waals surface area contributed by atoms with Crippen LogP contribution in [-0.4, -0.2) is 0 Å². The fourth-order valence-corrected chi connectivity index (χ4v) is 6.40. The lowest BCUT2D eigenvalue weighted by atomic mass is 9.86. The van der Waals surface area contributed by atoms with E-state index in [1.807, 2.05) is 13.8 Å². The molecule has 0 saturated carbocycles. The molecule has 0 fully saturated rings. The van der Waals surface area contributed by atoms with E-state index in [4.69, 9.17) is 0 Å². The zero-order valence-electron chi connectivity index (χ0n) is 27.6. The highest BCUT2D eigenvalue weighted by molar-refractivity contribution is 6.09. The van der Waals surface area contributed by atoms with Gasteiger partial charge in [0.15, 0.2) is 0 Å². The fraction of sp³-hybridized carbons (Fsp3) is 0.273. The second-order valence-electron chi connectivity index (χ2n) is 11.9. The van der Waals surface area contributed by atoms with Crippen molar-refractivity contribution in [3.8, 4) is 22.3 Å². The highest BCUT2D eigenvalue weighted by Crippen LogP contribution is 2.39. The number of hydrogen-bond donors (Lipinski definition) is 0. The summed E-state index contributed by atoms with van der Waals surface area (Å²) in [6, 6.07) is 32.3. The maximum atomic E-state index is 2.42. The van der Waals surface area contributed by atoms with E-state index in [1.165, 1.54) is 90.0 Å². The largest absolute Gasteiger partial charge is 0.0839 e. The summed E-state index contributed by atoms with van der Waals surface area (Å²) in [4.78, 5) is 0. The first-order chi connectivity index (χ1) is 21.6. The molecule has 0 heteroatoms. The first-order valence-corrected chi connectivity index (χ1v) is 16.8. The molecule has 0 unspecified atom stereocenters. The van der Waals surface area contributed by atoms with Gasteiger partial charge in [0.05, 0.1) is 0 Å². The molecule has 0 bridgehead atoms. The van der Waals surface area contributed by atoms with Crippen LogP contribution in [0.3, 0.4) is 0 Å². The molecule has 0 spiro atoms. The van der Waals surface area contributed by atoms with Crippen molar-refractivity contribution < 1.29 is 0 Å². The van der Waals surface area contributed by atoms with Gasteiger partial charge in [-0.2, -0.15) is 0 Å². The van der Waals surface area contributed by atoms with Gasteiger partial charge in [0, 0.05) is 0 Å². The molecule has 5 aromatic carbocycles. The van der Waals surface area contributed by atoms with Crippen LogP contribution in [0.15, 0.2) is 109 Å². The number of aryl methyl sites for hydroxylation is 2. The standard InChI is InChI=1S/C38H32.C4H10.C2H6/c1-25-9-3-6-14-33(25)36-22-32(18-17-26(36)2)35-16-8-13-30-23-37-29(24-38(30)35)12-7-15-34(37)31-20-19-27-10-4-5-11-28(27)21-31;1-3-4-2;1-2/h3,5,7-9,11-13,15-24H,4,6,10,14H2,1-2H3;3-4H2,1-2H3;1-2H3. The van der Waals surface area contributed by atoms with Gasteiger partial charge in [-0.05, 0) is 141 Å². The van der Waals surface area contributed by atoms with Crippen molar-refractivity contribution in [3.05, 3.63) is 131 Å². The van der Waals surface area contributed by atoms with Crippen molar-refractivity contribution in [2.75, 3.05) is 0 Å². The minimum absolute atomic E-state index is 1.12. The minimum Gasteiger partial charge on any atom is -0.0839 e. The lowest BCUT2D eigenvalue weighted by Gasteiger charge is -2.18. The Morgan fingerprint density at radius 2 is 1.16 bits per heavy atom. The molecule has 0 N–H and O–H groups in total. The van der Waals surface area contributed by atoms with Crippen molar-refractivity contribution in [3.63, 3.8) is 0 Å².